The average Bonchev–Trinajstić information content (AvgIpc) is 2.80. The van der Waals surface area contributed by atoms with Crippen LogP contribution in [0.25, 0.3) is 6.08 Å². The highest BCUT2D eigenvalue weighted by Gasteiger charge is 2.39. The van der Waals surface area contributed by atoms with Crippen molar-refractivity contribution in [3.8, 4) is 0 Å². The standard InChI is InChI=1S/C31H50N4O5/c1-11-22-13-12-14-23(19-22)26(27(37)34-30(5,6)7)35(21(4)16-15-20(2)3)28(38)24(17-18-25(32)36)33-29(39)40-31(8,9)10/h11-14,19-21,24,26H,1,15-18H2,2-10H3,(H2,32,36)(H,33,39)(H,34,37). The van der Waals surface area contributed by atoms with Gasteiger partial charge in [-0.15, -0.1) is 0 Å². The van der Waals surface area contributed by atoms with E-state index in [0.29, 0.717) is 17.9 Å². The number of benzene rings is 1. The minimum atomic E-state index is -1.14. The quantitative estimate of drug-likeness (QED) is 0.310. The van der Waals surface area contributed by atoms with Gasteiger partial charge in [0.25, 0.3) is 0 Å². The molecule has 9 heteroatoms. The summed E-state index contributed by atoms with van der Waals surface area (Å²) in [6.07, 6.45) is 2.15. The van der Waals surface area contributed by atoms with Crippen LogP contribution in [-0.2, 0) is 19.1 Å². The van der Waals surface area contributed by atoms with Crippen molar-refractivity contribution in [2.75, 3.05) is 0 Å². The second kappa shape index (κ2) is 14.9. The van der Waals surface area contributed by atoms with Crippen LogP contribution >= 0.6 is 0 Å². The highest BCUT2D eigenvalue weighted by atomic mass is 16.6. The highest BCUT2D eigenvalue weighted by Crippen LogP contribution is 2.29. The van der Waals surface area contributed by atoms with Crippen LogP contribution in [0.5, 0.6) is 0 Å². The lowest BCUT2D eigenvalue weighted by atomic mass is 9.95. The molecule has 0 saturated heterocycles. The Labute approximate surface area is 240 Å². The SMILES string of the molecule is C=Cc1cccc(C(C(=O)NC(C)(C)C)N(C(=O)C(CCC(N)=O)NC(=O)OC(C)(C)C)C(C)CCC(C)C)c1. The molecule has 4 amide bonds. The van der Waals surface area contributed by atoms with Gasteiger partial charge in [-0.2, -0.15) is 0 Å². The highest BCUT2D eigenvalue weighted by molar-refractivity contribution is 5.93. The summed E-state index contributed by atoms with van der Waals surface area (Å²) in [5.41, 5.74) is 5.44. The van der Waals surface area contributed by atoms with Gasteiger partial charge in [0.15, 0.2) is 0 Å². The molecule has 0 aliphatic heterocycles. The summed E-state index contributed by atoms with van der Waals surface area (Å²) in [7, 11) is 0. The number of carbonyl (C=O) groups excluding carboxylic acids is 4. The zero-order chi connectivity index (χ0) is 30.8. The lowest BCUT2D eigenvalue weighted by molar-refractivity contribution is -0.146. The lowest BCUT2D eigenvalue weighted by Gasteiger charge is -2.40. The molecule has 0 spiro atoms. The number of nitrogens with one attached hydrogen (secondary N) is 2. The van der Waals surface area contributed by atoms with E-state index in [1.807, 2.05) is 45.9 Å². The van der Waals surface area contributed by atoms with E-state index in [-0.39, 0.29) is 24.8 Å². The molecule has 0 radical (unpaired) electrons. The van der Waals surface area contributed by atoms with E-state index in [9.17, 15) is 19.2 Å². The van der Waals surface area contributed by atoms with Crippen LogP contribution in [0, 0.1) is 5.92 Å². The summed E-state index contributed by atoms with van der Waals surface area (Å²) in [6.45, 7) is 20.7. The molecule has 0 heterocycles. The van der Waals surface area contributed by atoms with E-state index in [4.69, 9.17) is 10.5 Å². The van der Waals surface area contributed by atoms with Crippen LogP contribution in [-0.4, -0.2) is 51.9 Å². The van der Waals surface area contributed by atoms with Crippen molar-refractivity contribution in [2.45, 2.75) is 117 Å². The van der Waals surface area contributed by atoms with Gasteiger partial charge in [-0.05, 0) is 90.8 Å². The Bertz CT molecular complexity index is 1040. The minimum Gasteiger partial charge on any atom is -0.444 e. The molecule has 4 N–H and O–H groups in total. The number of nitrogens with zero attached hydrogens (tertiary/aromatic N) is 1. The smallest absolute Gasteiger partial charge is 0.408 e. The zero-order valence-corrected chi connectivity index (χ0v) is 25.8. The molecule has 40 heavy (non-hydrogen) atoms. The number of hydrogen-bond donors (Lipinski definition) is 3. The van der Waals surface area contributed by atoms with Crippen LogP contribution in [0.4, 0.5) is 4.79 Å². The summed E-state index contributed by atoms with van der Waals surface area (Å²) in [5, 5.41) is 5.66. The molecule has 1 rings (SSSR count). The molecule has 3 unspecified atom stereocenters. The molecule has 1 aromatic rings. The number of amides is 4. The molecule has 3 atom stereocenters. The number of carbonyl (C=O) groups is 4. The van der Waals surface area contributed by atoms with Crippen LogP contribution in [0.15, 0.2) is 30.8 Å². The third-order valence-electron chi connectivity index (χ3n) is 6.05. The third kappa shape index (κ3) is 12.2. The first-order chi connectivity index (χ1) is 18.3. The molecule has 0 aliphatic rings. The van der Waals surface area contributed by atoms with Crippen molar-refractivity contribution >= 4 is 29.9 Å². The zero-order valence-electron chi connectivity index (χ0n) is 25.8. The molecule has 0 aliphatic carbocycles. The van der Waals surface area contributed by atoms with Gasteiger partial charge in [0.05, 0.1) is 0 Å². The Hall–Kier alpha value is -3.36. The van der Waals surface area contributed by atoms with Crippen molar-refractivity contribution in [2.24, 2.45) is 11.7 Å². The first kappa shape index (κ1) is 34.7. The number of hydrogen-bond acceptors (Lipinski definition) is 5. The van der Waals surface area contributed by atoms with Crippen molar-refractivity contribution in [3.63, 3.8) is 0 Å². The molecule has 224 valence electrons. The Morgan fingerprint density at radius 2 is 1.65 bits per heavy atom. The van der Waals surface area contributed by atoms with Crippen LogP contribution < -0.4 is 16.4 Å². The molecule has 0 fully saturated rings. The first-order valence-electron chi connectivity index (χ1n) is 14.0. The summed E-state index contributed by atoms with van der Waals surface area (Å²) >= 11 is 0. The fraction of sp³-hybridized carbons (Fsp3) is 0.613. The summed E-state index contributed by atoms with van der Waals surface area (Å²) in [6, 6.07) is 4.78. The molecular formula is C31H50N4O5. The monoisotopic (exact) mass is 558 g/mol. The fourth-order valence-corrected chi connectivity index (χ4v) is 4.22. The van der Waals surface area contributed by atoms with Crippen molar-refractivity contribution in [3.05, 3.63) is 42.0 Å². The van der Waals surface area contributed by atoms with E-state index in [1.54, 1.807) is 32.9 Å². The van der Waals surface area contributed by atoms with Gasteiger partial charge >= 0.3 is 6.09 Å². The average molecular weight is 559 g/mol. The second-order valence-electron chi connectivity index (χ2n) is 12.8. The predicted molar refractivity (Wildman–Crippen MR) is 159 cm³/mol. The van der Waals surface area contributed by atoms with Crippen LogP contribution in [0.2, 0.25) is 0 Å². The van der Waals surface area contributed by atoms with E-state index < -0.39 is 41.1 Å². The molecule has 0 bridgehead atoms. The molecular weight excluding hydrogens is 508 g/mol. The van der Waals surface area contributed by atoms with Gasteiger partial charge in [-0.1, -0.05) is 44.7 Å². The summed E-state index contributed by atoms with van der Waals surface area (Å²) in [5.74, 6) is -1.09. The van der Waals surface area contributed by atoms with Gasteiger partial charge in [-0.25, -0.2) is 4.79 Å². The van der Waals surface area contributed by atoms with Crippen molar-refractivity contribution < 1.29 is 23.9 Å². The van der Waals surface area contributed by atoms with Gasteiger partial charge in [0.2, 0.25) is 17.7 Å². The molecule has 0 saturated carbocycles. The fourth-order valence-electron chi connectivity index (χ4n) is 4.22. The van der Waals surface area contributed by atoms with Crippen LogP contribution in [0.3, 0.4) is 0 Å². The number of rotatable bonds is 13. The normalized spacial score (nSPS) is 14.1. The first-order valence-corrected chi connectivity index (χ1v) is 14.0. The van der Waals surface area contributed by atoms with E-state index in [1.165, 1.54) is 4.90 Å². The van der Waals surface area contributed by atoms with Gasteiger partial charge in [-0.3, -0.25) is 14.4 Å². The van der Waals surface area contributed by atoms with Crippen molar-refractivity contribution in [1.29, 1.82) is 0 Å². The third-order valence-corrected chi connectivity index (χ3v) is 6.05. The van der Waals surface area contributed by atoms with E-state index in [2.05, 4.69) is 31.1 Å². The molecule has 9 nitrogen and oxygen atoms in total. The van der Waals surface area contributed by atoms with E-state index in [0.717, 1.165) is 12.0 Å². The maximum absolute atomic E-state index is 14.4. The predicted octanol–water partition coefficient (Wildman–Crippen LogP) is 5.10. The Kier molecular flexibility index (Phi) is 12.9. The Balaban J connectivity index is 3.73. The lowest BCUT2D eigenvalue weighted by Crippen LogP contribution is -2.57. The Morgan fingerprint density at radius 3 is 2.15 bits per heavy atom. The van der Waals surface area contributed by atoms with Crippen LogP contribution in [0.1, 0.15) is 105 Å². The van der Waals surface area contributed by atoms with Gasteiger partial charge < -0.3 is 26.0 Å². The number of primary amides is 1. The maximum atomic E-state index is 14.4. The second-order valence-corrected chi connectivity index (χ2v) is 12.8. The number of alkyl carbamates (subject to hydrolysis) is 1. The maximum Gasteiger partial charge on any atom is 0.408 e. The summed E-state index contributed by atoms with van der Waals surface area (Å²) in [4.78, 5) is 54.3. The molecule has 0 aromatic heterocycles. The van der Waals surface area contributed by atoms with E-state index >= 15 is 0 Å². The Morgan fingerprint density at radius 1 is 1.02 bits per heavy atom. The summed E-state index contributed by atoms with van der Waals surface area (Å²) < 4.78 is 5.41. The largest absolute Gasteiger partial charge is 0.444 e. The topological polar surface area (TPSA) is 131 Å². The van der Waals surface area contributed by atoms with Gasteiger partial charge in [0.1, 0.15) is 17.7 Å². The minimum absolute atomic E-state index is 0.0406. The van der Waals surface area contributed by atoms with Gasteiger partial charge in [0, 0.05) is 18.0 Å². The van der Waals surface area contributed by atoms with Crippen molar-refractivity contribution in [1.82, 2.24) is 15.5 Å². The molecule has 1 aromatic carbocycles. The number of ether oxygens (including phenoxy) is 1. The number of nitrogens with two attached hydrogens (primary N) is 1.